The molecule has 7 heteroatoms. The van der Waals surface area contributed by atoms with Gasteiger partial charge in [0.05, 0.1) is 17.1 Å². The Labute approximate surface area is 206 Å². The number of fused-ring (bicyclic) bond motifs is 1. The van der Waals surface area contributed by atoms with Crippen LogP contribution in [0.1, 0.15) is 11.1 Å². The molecule has 4 aromatic rings. The molecule has 4 aromatic carbocycles. The molecule has 0 fully saturated rings. The van der Waals surface area contributed by atoms with Crippen molar-refractivity contribution < 1.29 is 17.9 Å². The van der Waals surface area contributed by atoms with Crippen LogP contribution < -0.4 is 14.4 Å². The highest BCUT2D eigenvalue weighted by molar-refractivity contribution is 7.92. The Hall–Kier alpha value is -3.84. The summed E-state index contributed by atoms with van der Waals surface area (Å²) in [6.45, 7) is 3.96. The predicted molar refractivity (Wildman–Crippen MR) is 139 cm³/mol. The van der Waals surface area contributed by atoms with E-state index in [2.05, 4.69) is 5.32 Å². The second-order valence-electron chi connectivity index (χ2n) is 8.35. The molecule has 0 heterocycles. The number of benzene rings is 4. The minimum atomic E-state index is -3.94. The topological polar surface area (TPSA) is 75.7 Å². The third-order valence-corrected chi connectivity index (χ3v) is 7.33. The summed E-state index contributed by atoms with van der Waals surface area (Å²) in [4.78, 5) is 13.0. The first-order valence-corrected chi connectivity index (χ1v) is 12.8. The van der Waals surface area contributed by atoms with Crippen LogP contribution in [0.5, 0.6) is 5.75 Å². The summed E-state index contributed by atoms with van der Waals surface area (Å²) in [6, 6.07) is 27.4. The molecule has 1 amide bonds. The normalized spacial score (nSPS) is 11.3. The number of carbonyl (C=O) groups excluding carboxylic acids is 1. The van der Waals surface area contributed by atoms with Crippen LogP contribution in [0.2, 0.25) is 0 Å². The highest BCUT2D eigenvalue weighted by Gasteiger charge is 2.27. The summed E-state index contributed by atoms with van der Waals surface area (Å²) in [6.07, 6.45) is 0. The average Bonchev–Trinajstić information content (AvgIpc) is 2.85. The summed E-state index contributed by atoms with van der Waals surface area (Å²) in [5.41, 5.74) is 2.28. The Bertz CT molecular complexity index is 1410. The van der Waals surface area contributed by atoms with Gasteiger partial charge in [0.1, 0.15) is 18.9 Å². The first kappa shape index (κ1) is 24.3. The fourth-order valence-electron chi connectivity index (χ4n) is 3.99. The number of rotatable bonds is 9. The number of anilines is 1. The van der Waals surface area contributed by atoms with Crippen molar-refractivity contribution in [3.05, 3.63) is 102 Å². The monoisotopic (exact) mass is 488 g/mol. The second-order valence-corrected chi connectivity index (χ2v) is 10.2. The number of nitrogens with zero attached hydrogens (tertiary/aromatic N) is 1. The first-order chi connectivity index (χ1) is 16.8. The van der Waals surface area contributed by atoms with Crippen molar-refractivity contribution in [1.29, 1.82) is 0 Å². The van der Waals surface area contributed by atoms with Gasteiger partial charge >= 0.3 is 0 Å². The van der Waals surface area contributed by atoms with E-state index in [9.17, 15) is 13.2 Å². The molecule has 0 atom stereocenters. The Kier molecular flexibility index (Phi) is 7.36. The lowest BCUT2D eigenvalue weighted by Crippen LogP contribution is -2.42. The van der Waals surface area contributed by atoms with Crippen molar-refractivity contribution in [1.82, 2.24) is 5.32 Å². The molecule has 0 spiro atoms. The van der Waals surface area contributed by atoms with Gasteiger partial charge in [-0.2, -0.15) is 0 Å². The molecule has 35 heavy (non-hydrogen) atoms. The molecule has 4 rings (SSSR count). The quantitative estimate of drug-likeness (QED) is 0.342. The molecule has 0 aliphatic heterocycles. The molecule has 0 bridgehead atoms. The van der Waals surface area contributed by atoms with E-state index in [-0.39, 0.29) is 24.6 Å². The van der Waals surface area contributed by atoms with Gasteiger partial charge in [-0.05, 0) is 60.7 Å². The van der Waals surface area contributed by atoms with Gasteiger partial charge in [0.15, 0.2) is 0 Å². The van der Waals surface area contributed by atoms with E-state index in [0.29, 0.717) is 5.69 Å². The fourth-order valence-corrected chi connectivity index (χ4v) is 5.41. The molecule has 180 valence electrons. The standard InChI is InChI=1S/C28H28N2O4S/c1-21-17-22(2)19-24(18-21)30(35(32,33)25-11-4-3-5-12-25)20-28(31)29-15-16-34-27-14-8-10-23-9-6-7-13-26(23)27/h3-14,17-19H,15-16,20H2,1-2H3,(H,29,31). The first-order valence-electron chi connectivity index (χ1n) is 11.4. The SMILES string of the molecule is Cc1cc(C)cc(N(CC(=O)NCCOc2cccc3ccccc23)S(=O)(=O)c2ccccc2)c1. The fraction of sp³-hybridized carbons (Fsp3) is 0.179. The minimum Gasteiger partial charge on any atom is -0.491 e. The van der Waals surface area contributed by atoms with Crippen LogP contribution in [0.3, 0.4) is 0 Å². The zero-order chi connectivity index (χ0) is 24.8. The predicted octanol–water partition coefficient (Wildman–Crippen LogP) is 4.85. The van der Waals surface area contributed by atoms with Gasteiger partial charge in [0, 0.05) is 5.39 Å². The van der Waals surface area contributed by atoms with Crippen molar-refractivity contribution in [3.63, 3.8) is 0 Å². The maximum absolute atomic E-state index is 13.5. The van der Waals surface area contributed by atoms with Gasteiger partial charge in [-0.3, -0.25) is 9.10 Å². The maximum atomic E-state index is 13.5. The van der Waals surface area contributed by atoms with E-state index in [0.717, 1.165) is 32.0 Å². The van der Waals surface area contributed by atoms with Crippen molar-refractivity contribution in [2.45, 2.75) is 18.7 Å². The van der Waals surface area contributed by atoms with Crippen LogP contribution in [-0.2, 0) is 14.8 Å². The Morgan fingerprint density at radius 1 is 0.857 bits per heavy atom. The molecular formula is C28H28N2O4S. The number of hydrogen-bond donors (Lipinski definition) is 1. The van der Waals surface area contributed by atoms with Gasteiger partial charge in [0.25, 0.3) is 10.0 Å². The zero-order valence-electron chi connectivity index (χ0n) is 19.8. The number of hydrogen-bond acceptors (Lipinski definition) is 4. The van der Waals surface area contributed by atoms with Crippen molar-refractivity contribution >= 4 is 32.4 Å². The minimum absolute atomic E-state index is 0.131. The van der Waals surface area contributed by atoms with Crippen LogP contribution >= 0.6 is 0 Å². The van der Waals surface area contributed by atoms with Crippen LogP contribution in [0.15, 0.2) is 95.9 Å². The largest absolute Gasteiger partial charge is 0.491 e. The lowest BCUT2D eigenvalue weighted by Gasteiger charge is -2.25. The molecular weight excluding hydrogens is 460 g/mol. The van der Waals surface area contributed by atoms with Gasteiger partial charge < -0.3 is 10.1 Å². The van der Waals surface area contributed by atoms with E-state index in [1.165, 1.54) is 12.1 Å². The van der Waals surface area contributed by atoms with E-state index in [1.54, 1.807) is 30.3 Å². The Morgan fingerprint density at radius 3 is 2.26 bits per heavy atom. The lowest BCUT2D eigenvalue weighted by molar-refractivity contribution is -0.119. The third-order valence-electron chi connectivity index (χ3n) is 5.54. The van der Waals surface area contributed by atoms with Crippen molar-refractivity contribution in [2.24, 2.45) is 0 Å². The molecule has 0 aromatic heterocycles. The summed E-state index contributed by atoms with van der Waals surface area (Å²) in [5.74, 6) is 0.325. The summed E-state index contributed by atoms with van der Waals surface area (Å²) in [7, 11) is -3.94. The van der Waals surface area contributed by atoms with E-state index < -0.39 is 15.9 Å². The Morgan fingerprint density at radius 2 is 1.51 bits per heavy atom. The lowest BCUT2D eigenvalue weighted by atomic mass is 10.1. The molecule has 0 aliphatic carbocycles. The average molecular weight is 489 g/mol. The number of carbonyl (C=O) groups is 1. The van der Waals surface area contributed by atoms with Gasteiger partial charge in [-0.25, -0.2) is 8.42 Å². The van der Waals surface area contributed by atoms with E-state index >= 15 is 0 Å². The van der Waals surface area contributed by atoms with Crippen LogP contribution in [0.4, 0.5) is 5.69 Å². The summed E-state index contributed by atoms with van der Waals surface area (Å²) in [5, 5.41) is 4.85. The highest BCUT2D eigenvalue weighted by Crippen LogP contribution is 2.26. The van der Waals surface area contributed by atoms with Gasteiger partial charge in [-0.1, -0.05) is 60.7 Å². The van der Waals surface area contributed by atoms with Crippen LogP contribution in [-0.4, -0.2) is 34.0 Å². The molecule has 0 saturated heterocycles. The van der Waals surface area contributed by atoms with Crippen molar-refractivity contribution in [3.8, 4) is 5.75 Å². The van der Waals surface area contributed by atoms with Crippen LogP contribution in [0, 0.1) is 13.8 Å². The summed E-state index contributed by atoms with van der Waals surface area (Å²) >= 11 is 0. The van der Waals surface area contributed by atoms with E-state index in [1.807, 2.05) is 62.4 Å². The van der Waals surface area contributed by atoms with E-state index in [4.69, 9.17) is 4.74 Å². The highest BCUT2D eigenvalue weighted by atomic mass is 32.2. The molecule has 0 aliphatic rings. The third kappa shape index (κ3) is 5.81. The maximum Gasteiger partial charge on any atom is 0.264 e. The number of sulfonamides is 1. The number of aryl methyl sites for hydroxylation is 2. The summed E-state index contributed by atoms with van der Waals surface area (Å²) < 4.78 is 33.9. The molecule has 1 N–H and O–H groups in total. The van der Waals surface area contributed by atoms with Gasteiger partial charge in [-0.15, -0.1) is 0 Å². The zero-order valence-corrected chi connectivity index (χ0v) is 20.6. The second kappa shape index (κ2) is 10.6. The number of amides is 1. The smallest absolute Gasteiger partial charge is 0.264 e. The van der Waals surface area contributed by atoms with Gasteiger partial charge in [0.2, 0.25) is 5.91 Å². The van der Waals surface area contributed by atoms with Crippen LogP contribution in [0.25, 0.3) is 10.8 Å². The Balaban J connectivity index is 1.46. The molecule has 0 unspecified atom stereocenters. The van der Waals surface area contributed by atoms with Crippen molar-refractivity contribution in [2.75, 3.05) is 24.0 Å². The molecule has 6 nitrogen and oxygen atoms in total. The number of nitrogens with one attached hydrogen (secondary N) is 1. The molecule has 0 saturated carbocycles. The number of ether oxygens (including phenoxy) is 1. The molecule has 0 radical (unpaired) electrons.